The fourth-order valence-corrected chi connectivity index (χ4v) is 6.59. The lowest BCUT2D eigenvalue weighted by Gasteiger charge is -2.26. The number of rotatable bonds is 6. The van der Waals surface area contributed by atoms with E-state index in [2.05, 4.69) is 19.8 Å². The zero-order valence-electron chi connectivity index (χ0n) is 18.5. The molecule has 2 atom stereocenters. The van der Waals surface area contributed by atoms with Crippen molar-refractivity contribution < 1.29 is 23.4 Å². The lowest BCUT2D eigenvalue weighted by Crippen LogP contribution is -2.38. The Morgan fingerprint density at radius 1 is 1.28 bits per heavy atom. The van der Waals surface area contributed by atoms with Gasteiger partial charge in [-0.3, -0.25) is 4.99 Å². The Balaban J connectivity index is 1.64. The number of aliphatic imine (C=N–C) groups is 1. The van der Waals surface area contributed by atoms with Gasteiger partial charge in [-0.2, -0.15) is 5.10 Å². The Morgan fingerprint density at radius 2 is 1.97 bits per heavy atom. The van der Waals surface area contributed by atoms with Crippen LogP contribution in [-0.2, 0) is 10.0 Å². The smallest absolute Gasteiger partial charge is 0.246 e. The number of aliphatic hydroxyl groups excluding tert-OH is 1. The highest BCUT2D eigenvalue weighted by Gasteiger charge is 2.43. The van der Waals surface area contributed by atoms with Crippen LogP contribution in [0, 0.1) is 0 Å². The number of pyridine rings is 1. The molecule has 10 nitrogen and oxygen atoms in total. The number of aromatic nitrogens is 1. The maximum atomic E-state index is 13.2. The van der Waals surface area contributed by atoms with Gasteiger partial charge in [0, 0.05) is 12.2 Å². The SMILES string of the molecule is COc1ncc(C2C(C)N=C3SC(C(C)(C)O)=NN32)cc1S(=O)(=O)NC1CCC(O)CC1. The average molecular weight is 484 g/mol. The third kappa shape index (κ3) is 4.51. The number of methoxy groups -OCH3 is 1. The molecule has 32 heavy (non-hydrogen) atoms. The van der Waals surface area contributed by atoms with Gasteiger partial charge < -0.3 is 14.9 Å². The van der Waals surface area contributed by atoms with Crippen LogP contribution in [-0.4, -0.2) is 69.7 Å². The van der Waals surface area contributed by atoms with E-state index in [1.165, 1.54) is 18.9 Å². The molecule has 3 N–H and O–H groups in total. The third-order valence-corrected chi connectivity index (χ3v) is 8.59. The number of ether oxygens (including phenoxy) is 1. The van der Waals surface area contributed by atoms with E-state index in [1.807, 2.05) is 6.92 Å². The monoisotopic (exact) mass is 483 g/mol. The number of amidine groups is 1. The molecule has 1 saturated carbocycles. The lowest BCUT2D eigenvalue weighted by molar-refractivity contribution is 0.120. The minimum atomic E-state index is -3.90. The molecule has 1 aromatic heterocycles. The number of nitrogens with zero attached hydrogens (tertiary/aromatic N) is 4. The van der Waals surface area contributed by atoms with Gasteiger partial charge in [-0.25, -0.2) is 23.1 Å². The minimum absolute atomic E-state index is 0.0142. The Kier molecular flexibility index (Phi) is 6.27. The van der Waals surface area contributed by atoms with E-state index in [1.54, 1.807) is 31.1 Å². The summed E-state index contributed by atoms with van der Waals surface area (Å²) in [6.07, 6.45) is 3.49. The molecule has 1 aromatic rings. The summed E-state index contributed by atoms with van der Waals surface area (Å²) < 4.78 is 34.4. The number of fused-ring (bicyclic) bond motifs is 1. The molecular formula is C20H29N5O5S2. The largest absolute Gasteiger partial charge is 0.480 e. The highest BCUT2D eigenvalue weighted by molar-refractivity contribution is 8.27. The maximum Gasteiger partial charge on any atom is 0.246 e. The van der Waals surface area contributed by atoms with Gasteiger partial charge in [-0.15, -0.1) is 0 Å². The van der Waals surface area contributed by atoms with E-state index in [0.29, 0.717) is 41.5 Å². The summed E-state index contributed by atoms with van der Waals surface area (Å²) in [5.74, 6) is 0.0142. The van der Waals surface area contributed by atoms with Crippen LogP contribution in [0.3, 0.4) is 0 Å². The van der Waals surface area contributed by atoms with Gasteiger partial charge in [0.1, 0.15) is 21.6 Å². The van der Waals surface area contributed by atoms with E-state index in [-0.39, 0.29) is 35.0 Å². The molecule has 4 rings (SSSR count). The molecule has 0 bridgehead atoms. The van der Waals surface area contributed by atoms with Gasteiger partial charge in [0.15, 0.2) is 5.17 Å². The predicted octanol–water partition coefficient (Wildman–Crippen LogP) is 1.60. The Bertz CT molecular complexity index is 1040. The standard InChI is InChI=1S/C20H29N5O5S2/c1-11-16(25-19(22-11)31-18(23-25)20(2,3)27)12-9-15(17(30-4)21-10-12)32(28,29)24-13-5-7-14(26)8-6-13/h9-11,13-14,16,24,26-27H,5-8H2,1-4H3. The van der Waals surface area contributed by atoms with E-state index in [9.17, 15) is 18.6 Å². The van der Waals surface area contributed by atoms with Crippen LogP contribution in [0.25, 0.3) is 0 Å². The van der Waals surface area contributed by atoms with E-state index >= 15 is 0 Å². The molecule has 3 aliphatic rings. The Morgan fingerprint density at radius 3 is 2.59 bits per heavy atom. The van der Waals surface area contributed by atoms with Crippen molar-refractivity contribution >= 4 is 32.0 Å². The molecule has 0 radical (unpaired) electrons. The van der Waals surface area contributed by atoms with Crippen LogP contribution in [0.2, 0.25) is 0 Å². The fraction of sp³-hybridized carbons (Fsp3) is 0.650. The summed E-state index contributed by atoms with van der Waals surface area (Å²) in [6.45, 7) is 5.25. The van der Waals surface area contributed by atoms with Crippen molar-refractivity contribution in [3.8, 4) is 5.88 Å². The normalized spacial score (nSPS) is 28.4. The topological polar surface area (TPSA) is 137 Å². The van der Waals surface area contributed by atoms with Crippen LogP contribution in [0.5, 0.6) is 5.88 Å². The number of nitrogens with one attached hydrogen (secondary N) is 1. The van der Waals surface area contributed by atoms with E-state index < -0.39 is 15.6 Å². The van der Waals surface area contributed by atoms with Crippen LogP contribution < -0.4 is 9.46 Å². The number of hydrogen-bond acceptors (Lipinski definition) is 10. The first-order valence-corrected chi connectivity index (χ1v) is 12.9. The second kappa shape index (κ2) is 8.56. The second-order valence-electron chi connectivity index (χ2n) is 8.91. The van der Waals surface area contributed by atoms with Crippen molar-refractivity contribution in [1.82, 2.24) is 14.7 Å². The van der Waals surface area contributed by atoms with Crippen molar-refractivity contribution in [2.24, 2.45) is 10.1 Å². The molecule has 3 heterocycles. The summed E-state index contributed by atoms with van der Waals surface area (Å²) in [5.41, 5.74) is -0.465. The lowest BCUT2D eigenvalue weighted by atomic mass is 9.94. The predicted molar refractivity (Wildman–Crippen MR) is 122 cm³/mol. The molecular weight excluding hydrogens is 454 g/mol. The fourth-order valence-electron chi connectivity index (χ4n) is 4.11. The first kappa shape index (κ1) is 23.4. The van der Waals surface area contributed by atoms with Gasteiger partial charge in [-0.1, -0.05) is 0 Å². The van der Waals surface area contributed by atoms with Crippen molar-refractivity contribution in [2.75, 3.05) is 7.11 Å². The highest BCUT2D eigenvalue weighted by atomic mass is 32.2. The number of hydrogen-bond donors (Lipinski definition) is 3. The molecule has 176 valence electrons. The molecule has 0 spiro atoms. The van der Waals surface area contributed by atoms with Crippen LogP contribution >= 0.6 is 11.8 Å². The zero-order chi connectivity index (χ0) is 23.3. The molecule has 2 unspecified atom stereocenters. The van der Waals surface area contributed by atoms with E-state index in [4.69, 9.17) is 4.74 Å². The van der Waals surface area contributed by atoms with Crippen molar-refractivity contribution in [3.05, 3.63) is 17.8 Å². The minimum Gasteiger partial charge on any atom is -0.480 e. The van der Waals surface area contributed by atoms with E-state index in [0.717, 1.165) is 0 Å². The van der Waals surface area contributed by atoms with Gasteiger partial charge in [0.2, 0.25) is 15.9 Å². The van der Waals surface area contributed by atoms with Crippen LogP contribution in [0.4, 0.5) is 0 Å². The first-order valence-electron chi connectivity index (χ1n) is 10.6. The number of thioether (sulfide) groups is 1. The molecule has 0 saturated heterocycles. The molecule has 12 heteroatoms. The maximum absolute atomic E-state index is 13.2. The number of sulfonamides is 1. The summed E-state index contributed by atoms with van der Waals surface area (Å²) in [5, 5.41) is 27.5. The van der Waals surface area contributed by atoms with Crippen molar-refractivity contribution in [3.63, 3.8) is 0 Å². The number of hydrazone groups is 1. The first-order chi connectivity index (χ1) is 15.0. The van der Waals surface area contributed by atoms with Gasteiger partial charge >= 0.3 is 0 Å². The van der Waals surface area contributed by atoms with Crippen molar-refractivity contribution in [1.29, 1.82) is 0 Å². The summed E-state index contributed by atoms with van der Waals surface area (Å²) >= 11 is 1.31. The van der Waals surface area contributed by atoms with Gasteiger partial charge in [0.25, 0.3) is 0 Å². The third-order valence-electron chi connectivity index (χ3n) is 5.82. The molecule has 2 aliphatic heterocycles. The molecule has 0 amide bonds. The quantitative estimate of drug-likeness (QED) is 0.555. The highest BCUT2D eigenvalue weighted by Crippen LogP contribution is 2.42. The van der Waals surface area contributed by atoms with Crippen LogP contribution in [0.1, 0.15) is 58.1 Å². The molecule has 0 aromatic carbocycles. The van der Waals surface area contributed by atoms with Gasteiger partial charge in [-0.05, 0) is 69.8 Å². The summed E-state index contributed by atoms with van der Waals surface area (Å²) in [6, 6.07) is 0.789. The molecule has 1 fully saturated rings. The van der Waals surface area contributed by atoms with Gasteiger partial charge in [0.05, 0.1) is 19.3 Å². The Labute approximate surface area is 192 Å². The molecule has 1 aliphatic carbocycles. The summed E-state index contributed by atoms with van der Waals surface area (Å²) in [4.78, 5) is 8.87. The Hall–Kier alpha value is -1.73. The van der Waals surface area contributed by atoms with Crippen molar-refractivity contribution in [2.45, 2.75) is 81.2 Å². The van der Waals surface area contributed by atoms with Crippen LogP contribution in [0.15, 0.2) is 27.3 Å². The second-order valence-corrected chi connectivity index (χ2v) is 11.5. The summed E-state index contributed by atoms with van der Waals surface area (Å²) in [7, 11) is -2.52. The average Bonchev–Trinajstić information content (AvgIpc) is 3.26. The zero-order valence-corrected chi connectivity index (χ0v) is 20.2. The number of aliphatic hydroxyl groups is 2.